The summed E-state index contributed by atoms with van der Waals surface area (Å²) in [6, 6.07) is 2.95. The van der Waals surface area contributed by atoms with Crippen LogP contribution in [0.25, 0.3) is 11.4 Å². The van der Waals surface area contributed by atoms with E-state index in [2.05, 4.69) is 24.9 Å². The number of halogens is 1. The lowest BCUT2D eigenvalue weighted by Gasteiger charge is -2.27. The molecular weight excluding hydrogens is 323 g/mol. The monoisotopic (exact) mass is 338 g/mol. The van der Waals surface area contributed by atoms with Gasteiger partial charge < -0.3 is 4.98 Å². The second kappa shape index (κ2) is 6.48. The van der Waals surface area contributed by atoms with Crippen molar-refractivity contribution >= 4 is 0 Å². The number of aromatic nitrogens is 5. The van der Waals surface area contributed by atoms with Gasteiger partial charge in [-0.05, 0) is 12.1 Å². The maximum absolute atomic E-state index is 13.8. The van der Waals surface area contributed by atoms with E-state index in [-0.39, 0.29) is 11.4 Å². The molecule has 1 aliphatic heterocycles. The minimum absolute atomic E-state index is 0.185. The number of H-pyrrole nitrogens is 1. The molecular formula is C17H15FN6O. The average molecular weight is 338 g/mol. The zero-order chi connectivity index (χ0) is 17.2. The number of nitrogens with zero attached hydrogens (tertiary/aromatic N) is 5. The third-order valence-electron chi connectivity index (χ3n) is 4.19. The predicted octanol–water partition coefficient (Wildman–Crippen LogP) is 1.32. The summed E-state index contributed by atoms with van der Waals surface area (Å²) >= 11 is 0. The molecule has 8 heteroatoms. The molecule has 126 valence electrons. The Bertz CT molecular complexity index is 959. The Labute approximate surface area is 142 Å². The van der Waals surface area contributed by atoms with Crippen molar-refractivity contribution in [3.63, 3.8) is 0 Å². The summed E-state index contributed by atoms with van der Waals surface area (Å²) in [7, 11) is 0. The zero-order valence-electron chi connectivity index (χ0n) is 13.3. The van der Waals surface area contributed by atoms with Crippen molar-refractivity contribution in [3.05, 3.63) is 70.2 Å². The van der Waals surface area contributed by atoms with E-state index in [0.717, 1.165) is 5.69 Å². The summed E-state index contributed by atoms with van der Waals surface area (Å²) < 4.78 is 13.8. The first-order chi connectivity index (χ1) is 12.2. The normalized spacial score (nSPS) is 14.3. The van der Waals surface area contributed by atoms with Crippen LogP contribution in [0.2, 0.25) is 0 Å². The van der Waals surface area contributed by atoms with Gasteiger partial charge in [0.05, 0.1) is 22.5 Å². The van der Waals surface area contributed by atoms with E-state index in [1.807, 2.05) is 4.90 Å². The number of fused-ring (bicyclic) bond motifs is 1. The smallest absolute Gasteiger partial charge is 0.255 e. The van der Waals surface area contributed by atoms with Crippen LogP contribution in [0.1, 0.15) is 17.0 Å². The van der Waals surface area contributed by atoms with Gasteiger partial charge in [-0.25, -0.2) is 19.3 Å². The van der Waals surface area contributed by atoms with Crippen molar-refractivity contribution in [1.29, 1.82) is 0 Å². The van der Waals surface area contributed by atoms with Crippen LogP contribution in [0, 0.1) is 5.82 Å². The van der Waals surface area contributed by atoms with Crippen molar-refractivity contribution in [2.24, 2.45) is 0 Å². The third-order valence-corrected chi connectivity index (χ3v) is 4.19. The van der Waals surface area contributed by atoms with Gasteiger partial charge in [0.2, 0.25) is 0 Å². The molecule has 25 heavy (non-hydrogen) atoms. The van der Waals surface area contributed by atoms with Crippen LogP contribution in [-0.2, 0) is 19.5 Å². The second-order valence-electron chi connectivity index (χ2n) is 5.86. The first kappa shape index (κ1) is 15.5. The van der Waals surface area contributed by atoms with Crippen LogP contribution < -0.4 is 5.56 Å². The van der Waals surface area contributed by atoms with Crippen molar-refractivity contribution in [3.8, 4) is 11.4 Å². The van der Waals surface area contributed by atoms with E-state index in [4.69, 9.17) is 0 Å². The van der Waals surface area contributed by atoms with Gasteiger partial charge in [0.25, 0.3) is 5.56 Å². The highest BCUT2D eigenvalue weighted by Gasteiger charge is 2.22. The largest absolute Gasteiger partial charge is 0.306 e. The Morgan fingerprint density at radius 3 is 2.92 bits per heavy atom. The highest BCUT2D eigenvalue weighted by atomic mass is 19.1. The van der Waals surface area contributed by atoms with Crippen molar-refractivity contribution in [2.45, 2.75) is 19.5 Å². The number of pyridine rings is 1. The standard InChI is InChI=1S/C17H15FN6O/c18-13-2-1-4-21-15(13)9-24-5-3-14-12(8-24)17(25)23-16(22-14)11-6-19-10-20-7-11/h1-2,4,6-7,10H,3,5,8-9H2,(H,22,23,25). The second-order valence-corrected chi connectivity index (χ2v) is 5.86. The molecule has 0 aliphatic carbocycles. The Morgan fingerprint density at radius 2 is 2.12 bits per heavy atom. The zero-order valence-corrected chi connectivity index (χ0v) is 13.3. The van der Waals surface area contributed by atoms with Gasteiger partial charge in [-0.2, -0.15) is 0 Å². The first-order valence-corrected chi connectivity index (χ1v) is 7.90. The molecule has 1 N–H and O–H groups in total. The molecule has 0 atom stereocenters. The van der Waals surface area contributed by atoms with Crippen molar-refractivity contribution in [1.82, 2.24) is 29.8 Å². The van der Waals surface area contributed by atoms with E-state index < -0.39 is 0 Å². The molecule has 0 saturated carbocycles. The Kier molecular flexibility index (Phi) is 4.02. The molecule has 3 aromatic heterocycles. The van der Waals surface area contributed by atoms with Crippen LogP contribution in [0.5, 0.6) is 0 Å². The van der Waals surface area contributed by atoms with Gasteiger partial charge in [-0.15, -0.1) is 0 Å². The van der Waals surface area contributed by atoms with Crippen LogP contribution >= 0.6 is 0 Å². The lowest BCUT2D eigenvalue weighted by molar-refractivity contribution is 0.235. The van der Waals surface area contributed by atoms with Crippen LogP contribution in [0.15, 0.2) is 41.8 Å². The van der Waals surface area contributed by atoms with Crippen LogP contribution in [-0.4, -0.2) is 36.4 Å². The van der Waals surface area contributed by atoms with Gasteiger partial charge >= 0.3 is 0 Å². The summed E-state index contributed by atoms with van der Waals surface area (Å²) in [6.07, 6.45) is 6.83. The SMILES string of the molecule is O=c1[nH]c(-c2cncnc2)nc2c1CN(Cc1ncccc1F)CC2. The summed E-state index contributed by atoms with van der Waals surface area (Å²) in [4.78, 5) is 33.8. The minimum Gasteiger partial charge on any atom is -0.306 e. The summed E-state index contributed by atoms with van der Waals surface area (Å²) in [5.41, 5.74) is 2.24. The van der Waals surface area contributed by atoms with Crippen molar-refractivity contribution in [2.75, 3.05) is 6.54 Å². The highest BCUT2D eigenvalue weighted by Crippen LogP contribution is 2.19. The molecule has 3 aromatic rings. The molecule has 0 unspecified atom stereocenters. The van der Waals surface area contributed by atoms with Crippen LogP contribution in [0.4, 0.5) is 4.39 Å². The molecule has 0 fully saturated rings. The van der Waals surface area contributed by atoms with Gasteiger partial charge in [0, 0.05) is 44.6 Å². The molecule has 0 aromatic carbocycles. The average Bonchev–Trinajstić information content (AvgIpc) is 2.65. The quantitative estimate of drug-likeness (QED) is 0.775. The predicted molar refractivity (Wildman–Crippen MR) is 87.9 cm³/mol. The highest BCUT2D eigenvalue weighted by molar-refractivity contribution is 5.52. The van der Waals surface area contributed by atoms with Gasteiger partial charge in [-0.3, -0.25) is 14.7 Å². The number of nitrogens with one attached hydrogen (secondary N) is 1. The lowest BCUT2D eigenvalue weighted by Crippen LogP contribution is -2.35. The van der Waals surface area contributed by atoms with Crippen molar-refractivity contribution < 1.29 is 4.39 Å². The number of hydrogen-bond acceptors (Lipinski definition) is 6. The molecule has 7 nitrogen and oxygen atoms in total. The van der Waals surface area contributed by atoms with E-state index in [9.17, 15) is 9.18 Å². The van der Waals surface area contributed by atoms with E-state index in [1.165, 1.54) is 12.4 Å². The van der Waals surface area contributed by atoms with Crippen LogP contribution in [0.3, 0.4) is 0 Å². The molecule has 4 rings (SSSR count). The first-order valence-electron chi connectivity index (χ1n) is 7.90. The summed E-state index contributed by atoms with van der Waals surface area (Å²) in [6.45, 7) is 1.46. The maximum atomic E-state index is 13.8. The Morgan fingerprint density at radius 1 is 1.28 bits per heavy atom. The molecule has 0 spiro atoms. The number of hydrogen-bond donors (Lipinski definition) is 1. The number of aromatic amines is 1. The topological polar surface area (TPSA) is 87.7 Å². The van der Waals surface area contributed by atoms with Gasteiger partial charge in [-0.1, -0.05) is 0 Å². The fourth-order valence-electron chi connectivity index (χ4n) is 2.92. The Hall–Kier alpha value is -3.00. The van der Waals surface area contributed by atoms with E-state index in [0.29, 0.717) is 48.7 Å². The van der Waals surface area contributed by atoms with Gasteiger partial charge in [0.1, 0.15) is 18.0 Å². The number of rotatable bonds is 3. The molecule has 0 bridgehead atoms. The van der Waals surface area contributed by atoms with Gasteiger partial charge in [0.15, 0.2) is 0 Å². The molecule has 0 amide bonds. The summed E-state index contributed by atoms with van der Waals surface area (Å²) in [5.74, 6) is 0.133. The maximum Gasteiger partial charge on any atom is 0.255 e. The molecule has 0 radical (unpaired) electrons. The Balaban J connectivity index is 1.60. The van der Waals surface area contributed by atoms with E-state index >= 15 is 0 Å². The lowest BCUT2D eigenvalue weighted by atomic mass is 10.1. The fraction of sp³-hybridized carbons (Fsp3) is 0.235. The van der Waals surface area contributed by atoms with E-state index in [1.54, 1.807) is 24.7 Å². The minimum atomic E-state index is -0.334. The molecule has 0 saturated heterocycles. The third kappa shape index (κ3) is 3.16. The summed E-state index contributed by atoms with van der Waals surface area (Å²) in [5, 5.41) is 0. The molecule has 4 heterocycles. The molecule has 1 aliphatic rings. The fourth-order valence-corrected chi connectivity index (χ4v) is 2.92.